The molecular formula is C19H22F2N4O4S. The standard InChI is InChI=1S/C19H22F2N4O4S/c1-11-15(18(26)23-12-5-6-22-13(8-12)17(20)21)25-7-3-4-14(25)16(11)30(27,28)24-19(2)9-29-10-19/h5-6,8,17,24H,3-4,7,9-10H2,1-2H3,(H,22,23,26). The Kier molecular flexibility index (Phi) is 5.15. The van der Waals surface area contributed by atoms with Gasteiger partial charge in [0.15, 0.2) is 0 Å². The van der Waals surface area contributed by atoms with Crippen molar-refractivity contribution in [2.75, 3.05) is 18.5 Å². The molecule has 0 spiro atoms. The summed E-state index contributed by atoms with van der Waals surface area (Å²) in [5.74, 6) is -0.554. The highest BCUT2D eigenvalue weighted by atomic mass is 32.2. The number of nitrogens with one attached hydrogen (secondary N) is 2. The zero-order valence-electron chi connectivity index (χ0n) is 16.5. The highest BCUT2D eigenvalue weighted by Gasteiger charge is 2.41. The number of pyridine rings is 1. The second-order valence-corrected chi connectivity index (χ2v) is 9.51. The number of carbonyl (C=O) groups excluding carboxylic acids is 1. The van der Waals surface area contributed by atoms with Crippen LogP contribution in [0.2, 0.25) is 0 Å². The second-order valence-electron chi connectivity index (χ2n) is 7.89. The quantitative estimate of drug-likeness (QED) is 0.718. The SMILES string of the molecule is Cc1c(S(=O)(=O)NC2(C)COC2)c2n(c1C(=O)Nc1ccnc(C(F)F)c1)CCC2. The second kappa shape index (κ2) is 7.40. The number of anilines is 1. The molecule has 0 bridgehead atoms. The van der Waals surface area contributed by atoms with E-state index in [9.17, 15) is 22.0 Å². The van der Waals surface area contributed by atoms with Crippen molar-refractivity contribution in [3.63, 3.8) is 0 Å². The molecule has 2 aromatic rings. The molecule has 11 heteroatoms. The van der Waals surface area contributed by atoms with E-state index in [0.29, 0.717) is 30.6 Å². The van der Waals surface area contributed by atoms with Gasteiger partial charge in [0.1, 0.15) is 16.3 Å². The lowest BCUT2D eigenvalue weighted by Gasteiger charge is -2.38. The molecule has 4 heterocycles. The molecule has 2 aromatic heterocycles. The largest absolute Gasteiger partial charge is 0.377 e. The van der Waals surface area contributed by atoms with E-state index in [0.717, 1.165) is 6.07 Å². The number of hydrogen-bond acceptors (Lipinski definition) is 5. The summed E-state index contributed by atoms with van der Waals surface area (Å²) in [6, 6.07) is 2.51. The molecule has 0 unspecified atom stereocenters. The zero-order valence-corrected chi connectivity index (χ0v) is 17.4. The number of ether oxygens (including phenoxy) is 1. The van der Waals surface area contributed by atoms with Crippen molar-refractivity contribution in [2.45, 2.75) is 50.1 Å². The van der Waals surface area contributed by atoms with Crippen LogP contribution in [-0.4, -0.2) is 42.6 Å². The summed E-state index contributed by atoms with van der Waals surface area (Å²) in [4.78, 5) is 16.7. The van der Waals surface area contributed by atoms with Gasteiger partial charge < -0.3 is 14.6 Å². The maximum absolute atomic E-state index is 13.1. The molecule has 1 saturated heterocycles. The monoisotopic (exact) mass is 440 g/mol. The van der Waals surface area contributed by atoms with Crippen molar-refractivity contribution in [1.29, 1.82) is 0 Å². The summed E-state index contributed by atoms with van der Waals surface area (Å²) in [6.07, 6.45) is -0.333. The number of amides is 1. The van der Waals surface area contributed by atoms with Crippen LogP contribution in [0, 0.1) is 6.92 Å². The summed E-state index contributed by atoms with van der Waals surface area (Å²) in [7, 11) is -3.88. The van der Waals surface area contributed by atoms with Gasteiger partial charge in [0, 0.05) is 29.7 Å². The number of carbonyl (C=O) groups is 1. The predicted octanol–water partition coefficient (Wildman–Crippen LogP) is 2.39. The van der Waals surface area contributed by atoms with Crippen LogP contribution in [0.5, 0.6) is 0 Å². The molecule has 2 N–H and O–H groups in total. The molecule has 0 atom stereocenters. The molecule has 8 nitrogen and oxygen atoms in total. The van der Waals surface area contributed by atoms with E-state index in [-0.39, 0.29) is 29.5 Å². The van der Waals surface area contributed by atoms with Gasteiger partial charge in [-0.2, -0.15) is 0 Å². The molecule has 162 valence electrons. The lowest BCUT2D eigenvalue weighted by molar-refractivity contribution is -0.0523. The number of nitrogens with zero attached hydrogens (tertiary/aromatic N) is 2. The highest BCUT2D eigenvalue weighted by Crippen LogP contribution is 2.34. The molecule has 4 rings (SSSR count). The Balaban J connectivity index is 1.69. The first-order valence-electron chi connectivity index (χ1n) is 9.50. The Bertz CT molecular complexity index is 1110. The van der Waals surface area contributed by atoms with Crippen LogP contribution in [-0.2, 0) is 27.7 Å². The molecule has 0 aliphatic carbocycles. The number of halogens is 2. The van der Waals surface area contributed by atoms with Crippen LogP contribution in [0.4, 0.5) is 14.5 Å². The fourth-order valence-electron chi connectivity index (χ4n) is 4.01. The minimum absolute atomic E-state index is 0.112. The van der Waals surface area contributed by atoms with Gasteiger partial charge in [0.05, 0.1) is 18.8 Å². The third-order valence-electron chi connectivity index (χ3n) is 5.32. The molecule has 2 aliphatic heterocycles. The lowest BCUT2D eigenvalue weighted by atomic mass is 10.0. The fourth-order valence-corrected chi connectivity index (χ4v) is 5.90. The summed E-state index contributed by atoms with van der Waals surface area (Å²) < 4.78 is 61.6. The smallest absolute Gasteiger partial charge is 0.280 e. The maximum atomic E-state index is 13.1. The number of hydrogen-bond donors (Lipinski definition) is 2. The highest BCUT2D eigenvalue weighted by molar-refractivity contribution is 7.89. The molecule has 2 aliphatic rings. The van der Waals surface area contributed by atoms with Crippen molar-refractivity contribution in [2.24, 2.45) is 0 Å². The van der Waals surface area contributed by atoms with Crippen LogP contribution in [0.25, 0.3) is 0 Å². The minimum atomic E-state index is -3.88. The maximum Gasteiger partial charge on any atom is 0.280 e. The minimum Gasteiger partial charge on any atom is -0.377 e. The van der Waals surface area contributed by atoms with Crippen LogP contribution in [0.15, 0.2) is 23.2 Å². The summed E-state index contributed by atoms with van der Waals surface area (Å²) in [5.41, 5.74) is 0.171. The van der Waals surface area contributed by atoms with Gasteiger partial charge in [-0.1, -0.05) is 0 Å². The number of fused-ring (bicyclic) bond motifs is 1. The first kappa shape index (κ1) is 20.9. The summed E-state index contributed by atoms with van der Waals surface area (Å²) in [5, 5.41) is 2.59. The van der Waals surface area contributed by atoms with E-state index in [2.05, 4.69) is 15.0 Å². The van der Waals surface area contributed by atoms with Crippen LogP contribution < -0.4 is 10.0 Å². The average Bonchev–Trinajstić information content (AvgIpc) is 3.19. The normalized spacial score (nSPS) is 17.6. The third-order valence-corrected chi connectivity index (χ3v) is 7.16. The Labute approximate surface area is 172 Å². The molecule has 0 radical (unpaired) electrons. The first-order valence-corrected chi connectivity index (χ1v) is 11.0. The van der Waals surface area contributed by atoms with Crippen LogP contribution >= 0.6 is 0 Å². The van der Waals surface area contributed by atoms with Gasteiger partial charge in [0.25, 0.3) is 12.3 Å². The number of sulfonamides is 1. The van der Waals surface area contributed by atoms with Gasteiger partial charge in [-0.25, -0.2) is 21.9 Å². The van der Waals surface area contributed by atoms with E-state index in [1.807, 2.05) is 0 Å². The predicted molar refractivity (Wildman–Crippen MR) is 104 cm³/mol. The van der Waals surface area contributed by atoms with E-state index in [1.54, 1.807) is 18.4 Å². The van der Waals surface area contributed by atoms with Gasteiger partial charge in [-0.15, -0.1) is 0 Å². The Morgan fingerprint density at radius 2 is 2.10 bits per heavy atom. The van der Waals surface area contributed by atoms with Gasteiger partial charge in [-0.05, 0) is 38.8 Å². The Morgan fingerprint density at radius 3 is 2.73 bits per heavy atom. The van der Waals surface area contributed by atoms with Crippen LogP contribution in [0.1, 0.15) is 47.2 Å². The van der Waals surface area contributed by atoms with E-state index < -0.39 is 33.6 Å². The van der Waals surface area contributed by atoms with Crippen molar-refractivity contribution < 1.29 is 26.7 Å². The average molecular weight is 440 g/mol. The summed E-state index contributed by atoms with van der Waals surface area (Å²) in [6.45, 7) is 4.42. The van der Waals surface area contributed by atoms with Crippen molar-refractivity contribution in [3.05, 3.63) is 41.0 Å². The molecule has 1 fully saturated rings. The van der Waals surface area contributed by atoms with Crippen LogP contribution in [0.3, 0.4) is 0 Å². The fraction of sp³-hybridized carbons (Fsp3) is 0.474. The molecule has 0 aromatic carbocycles. The third kappa shape index (κ3) is 3.61. The van der Waals surface area contributed by atoms with Crippen molar-refractivity contribution in [3.8, 4) is 0 Å². The van der Waals surface area contributed by atoms with Crippen molar-refractivity contribution in [1.82, 2.24) is 14.3 Å². The first-order chi connectivity index (χ1) is 14.1. The van der Waals surface area contributed by atoms with Gasteiger partial charge in [-0.3, -0.25) is 9.78 Å². The van der Waals surface area contributed by atoms with E-state index in [1.165, 1.54) is 12.3 Å². The lowest BCUT2D eigenvalue weighted by Crippen LogP contribution is -2.59. The van der Waals surface area contributed by atoms with Crippen molar-refractivity contribution >= 4 is 21.6 Å². The topological polar surface area (TPSA) is 102 Å². The number of aromatic nitrogens is 2. The zero-order chi connectivity index (χ0) is 21.7. The number of alkyl halides is 2. The number of rotatable bonds is 6. The molecule has 0 saturated carbocycles. The molecule has 30 heavy (non-hydrogen) atoms. The Morgan fingerprint density at radius 1 is 1.37 bits per heavy atom. The van der Waals surface area contributed by atoms with Gasteiger partial charge in [0.2, 0.25) is 10.0 Å². The van der Waals surface area contributed by atoms with Gasteiger partial charge >= 0.3 is 0 Å². The molecule has 1 amide bonds. The summed E-state index contributed by atoms with van der Waals surface area (Å²) >= 11 is 0. The van der Waals surface area contributed by atoms with E-state index in [4.69, 9.17) is 4.74 Å². The Hall–Kier alpha value is -2.37. The van der Waals surface area contributed by atoms with E-state index >= 15 is 0 Å². The molecular weight excluding hydrogens is 418 g/mol.